The topological polar surface area (TPSA) is 29.3 Å². The standard InChI is InChI=1S/C18H30N2/c1-5-17(19)12-16-8-9-18(14(3)11-16)20-10-6-7-13(2)15(20)4/h8-9,11,13,15,17H,5-7,10,12,19H2,1-4H3. The lowest BCUT2D eigenvalue weighted by atomic mass is 9.90. The highest BCUT2D eigenvalue weighted by Crippen LogP contribution is 2.31. The van der Waals surface area contributed by atoms with Crippen LogP contribution < -0.4 is 10.6 Å². The Hall–Kier alpha value is -1.02. The summed E-state index contributed by atoms with van der Waals surface area (Å²) in [4.78, 5) is 2.59. The zero-order valence-electron chi connectivity index (χ0n) is 13.5. The molecule has 2 rings (SSSR count). The van der Waals surface area contributed by atoms with Crippen molar-refractivity contribution in [3.63, 3.8) is 0 Å². The van der Waals surface area contributed by atoms with E-state index in [1.807, 2.05) is 0 Å². The average Bonchev–Trinajstić information content (AvgIpc) is 2.42. The second-order valence-corrected chi connectivity index (χ2v) is 6.55. The van der Waals surface area contributed by atoms with Gasteiger partial charge in [0.2, 0.25) is 0 Å². The van der Waals surface area contributed by atoms with Crippen LogP contribution in [0.4, 0.5) is 5.69 Å². The van der Waals surface area contributed by atoms with Crippen molar-refractivity contribution in [3.05, 3.63) is 29.3 Å². The number of anilines is 1. The van der Waals surface area contributed by atoms with E-state index < -0.39 is 0 Å². The van der Waals surface area contributed by atoms with Crippen LogP contribution in [0.3, 0.4) is 0 Å². The predicted octanol–water partition coefficient (Wildman–Crippen LogP) is 3.90. The molecular weight excluding hydrogens is 244 g/mol. The summed E-state index contributed by atoms with van der Waals surface area (Å²) < 4.78 is 0. The van der Waals surface area contributed by atoms with E-state index in [1.165, 1.54) is 36.2 Å². The Bertz CT molecular complexity index is 441. The van der Waals surface area contributed by atoms with Crippen LogP contribution in [0.2, 0.25) is 0 Å². The molecule has 1 fully saturated rings. The molecular formula is C18H30N2. The number of aryl methyl sites for hydroxylation is 1. The molecule has 0 amide bonds. The first-order valence-corrected chi connectivity index (χ1v) is 8.14. The Morgan fingerprint density at radius 1 is 1.35 bits per heavy atom. The van der Waals surface area contributed by atoms with E-state index in [-0.39, 0.29) is 6.04 Å². The van der Waals surface area contributed by atoms with Gasteiger partial charge in [0.25, 0.3) is 0 Å². The molecule has 1 aromatic rings. The van der Waals surface area contributed by atoms with E-state index in [0.717, 1.165) is 18.8 Å². The van der Waals surface area contributed by atoms with Crippen molar-refractivity contribution in [2.75, 3.05) is 11.4 Å². The highest BCUT2D eigenvalue weighted by Gasteiger charge is 2.25. The summed E-state index contributed by atoms with van der Waals surface area (Å²) in [5.41, 5.74) is 10.2. The monoisotopic (exact) mass is 274 g/mol. The zero-order chi connectivity index (χ0) is 14.7. The number of benzene rings is 1. The molecule has 20 heavy (non-hydrogen) atoms. The average molecular weight is 274 g/mol. The quantitative estimate of drug-likeness (QED) is 0.902. The molecule has 2 nitrogen and oxygen atoms in total. The van der Waals surface area contributed by atoms with Gasteiger partial charge in [-0.2, -0.15) is 0 Å². The van der Waals surface area contributed by atoms with Crippen molar-refractivity contribution in [2.45, 2.75) is 65.5 Å². The fourth-order valence-corrected chi connectivity index (χ4v) is 3.29. The summed E-state index contributed by atoms with van der Waals surface area (Å²) in [5, 5.41) is 0. The van der Waals surface area contributed by atoms with E-state index in [4.69, 9.17) is 5.73 Å². The zero-order valence-corrected chi connectivity index (χ0v) is 13.5. The summed E-state index contributed by atoms with van der Waals surface area (Å²) in [7, 11) is 0. The lowest BCUT2D eigenvalue weighted by Crippen LogP contribution is -2.42. The van der Waals surface area contributed by atoms with E-state index in [9.17, 15) is 0 Å². The lowest BCUT2D eigenvalue weighted by Gasteiger charge is -2.40. The Labute approximate surface area is 124 Å². The van der Waals surface area contributed by atoms with Crippen molar-refractivity contribution in [1.82, 2.24) is 0 Å². The molecule has 2 N–H and O–H groups in total. The summed E-state index contributed by atoms with van der Waals surface area (Å²) >= 11 is 0. The number of rotatable bonds is 4. The minimum absolute atomic E-state index is 0.286. The third kappa shape index (κ3) is 3.35. The van der Waals surface area contributed by atoms with Crippen molar-refractivity contribution < 1.29 is 0 Å². The van der Waals surface area contributed by atoms with Gasteiger partial charge in [0.1, 0.15) is 0 Å². The molecule has 1 aliphatic rings. The van der Waals surface area contributed by atoms with E-state index in [0.29, 0.717) is 6.04 Å². The van der Waals surface area contributed by atoms with Crippen LogP contribution >= 0.6 is 0 Å². The fraction of sp³-hybridized carbons (Fsp3) is 0.667. The Morgan fingerprint density at radius 2 is 2.10 bits per heavy atom. The molecule has 3 unspecified atom stereocenters. The normalized spacial score (nSPS) is 24.8. The van der Waals surface area contributed by atoms with Crippen LogP contribution in [0.1, 0.15) is 51.2 Å². The maximum absolute atomic E-state index is 6.07. The van der Waals surface area contributed by atoms with E-state index in [1.54, 1.807) is 0 Å². The largest absolute Gasteiger partial charge is 0.368 e. The van der Waals surface area contributed by atoms with Gasteiger partial charge in [-0.3, -0.25) is 0 Å². The van der Waals surface area contributed by atoms with Crippen molar-refractivity contribution in [2.24, 2.45) is 11.7 Å². The van der Waals surface area contributed by atoms with Crippen molar-refractivity contribution in [1.29, 1.82) is 0 Å². The van der Waals surface area contributed by atoms with Gasteiger partial charge in [-0.05, 0) is 62.6 Å². The van der Waals surface area contributed by atoms with Crippen molar-refractivity contribution >= 4 is 5.69 Å². The minimum atomic E-state index is 0.286. The summed E-state index contributed by atoms with van der Waals surface area (Å²) in [6.45, 7) is 10.3. The van der Waals surface area contributed by atoms with E-state index in [2.05, 4.69) is 50.8 Å². The lowest BCUT2D eigenvalue weighted by molar-refractivity contribution is 0.363. The van der Waals surface area contributed by atoms with Gasteiger partial charge >= 0.3 is 0 Å². The molecule has 1 aromatic carbocycles. The summed E-state index contributed by atoms with van der Waals surface area (Å²) in [5.74, 6) is 0.788. The molecule has 112 valence electrons. The maximum atomic E-state index is 6.07. The Kier molecular flexibility index (Phi) is 5.09. The highest BCUT2D eigenvalue weighted by molar-refractivity contribution is 5.55. The van der Waals surface area contributed by atoms with Gasteiger partial charge in [0, 0.05) is 24.3 Å². The number of nitrogens with two attached hydrogens (primary N) is 1. The second kappa shape index (κ2) is 6.62. The van der Waals surface area contributed by atoms with Crippen LogP contribution in [0.15, 0.2) is 18.2 Å². The molecule has 1 heterocycles. The predicted molar refractivity (Wildman–Crippen MR) is 88.4 cm³/mol. The Balaban J connectivity index is 2.16. The molecule has 3 atom stereocenters. The first-order valence-electron chi connectivity index (χ1n) is 8.14. The number of nitrogens with zero attached hydrogens (tertiary/aromatic N) is 1. The van der Waals surface area contributed by atoms with Gasteiger partial charge in [-0.15, -0.1) is 0 Å². The molecule has 1 saturated heterocycles. The molecule has 0 saturated carbocycles. The molecule has 0 spiro atoms. The van der Waals surface area contributed by atoms with Gasteiger partial charge in [-0.25, -0.2) is 0 Å². The van der Waals surface area contributed by atoms with Crippen molar-refractivity contribution in [3.8, 4) is 0 Å². The second-order valence-electron chi connectivity index (χ2n) is 6.55. The minimum Gasteiger partial charge on any atom is -0.368 e. The third-order valence-corrected chi connectivity index (χ3v) is 4.97. The van der Waals surface area contributed by atoms with Gasteiger partial charge in [-0.1, -0.05) is 26.0 Å². The van der Waals surface area contributed by atoms with Crippen LogP contribution in [-0.4, -0.2) is 18.6 Å². The molecule has 1 aliphatic heterocycles. The van der Waals surface area contributed by atoms with Gasteiger partial charge in [0.15, 0.2) is 0 Å². The SMILES string of the molecule is CCC(N)Cc1ccc(N2CCCC(C)C2C)c(C)c1. The number of piperidine rings is 1. The first-order chi connectivity index (χ1) is 9.52. The van der Waals surface area contributed by atoms with Crippen LogP contribution in [0.5, 0.6) is 0 Å². The third-order valence-electron chi connectivity index (χ3n) is 4.97. The molecule has 0 aromatic heterocycles. The first kappa shape index (κ1) is 15.4. The van der Waals surface area contributed by atoms with Gasteiger partial charge < -0.3 is 10.6 Å². The molecule has 0 bridgehead atoms. The van der Waals surface area contributed by atoms with Crippen LogP contribution in [-0.2, 0) is 6.42 Å². The van der Waals surface area contributed by atoms with E-state index >= 15 is 0 Å². The molecule has 0 aliphatic carbocycles. The van der Waals surface area contributed by atoms with Crippen LogP contribution in [0.25, 0.3) is 0 Å². The maximum Gasteiger partial charge on any atom is 0.0398 e. The smallest absolute Gasteiger partial charge is 0.0398 e. The Morgan fingerprint density at radius 3 is 2.75 bits per heavy atom. The van der Waals surface area contributed by atoms with Crippen LogP contribution in [0, 0.1) is 12.8 Å². The summed E-state index contributed by atoms with van der Waals surface area (Å²) in [6.07, 6.45) is 4.71. The molecule has 2 heteroatoms. The fourth-order valence-electron chi connectivity index (χ4n) is 3.29. The van der Waals surface area contributed by atoms with Gasteiger partial charge in [0.05, 0.1) is 0 Å². The highest BCUT2D eigenvalue weighted by atomic mass is 15.2. The molecule has 0 radical (unpaired) electrons. The summed E-state index contributed by atoms with van der Waals surface area (Å²) in [6, 6.07) is 7.84. The number of hydrogen-bond donors (Lipinski definition) is 1. The number of hydrogen-bond acceptors (Lipinski definition) is 2.